The van der Waals surface area contributed by atoms with Gasteiger partial charge in [0, 0.05) is 42.4 Å². The van der Waals surface area contributed by atoms with Gasteiger partial charge in [-0.2, -0.15) is 0 Å². The summed E-state index contributed by atoms with van der Waals surface area (Å²) in [5.74, 6) is -1.54. The van der Waals surface area contributed by atoms with Crippen LogP contribution in [0.3, 0.4) is 0 Å². The summed E-state index contributed by atoms with van der Waals surface area (Å²) in [6.07, 6.45) is 11.5. The second-order valence-electron chi connectivity index (χ2n) is 12.4. The molecule has 4 aliphatic heterocycles. The minimum atomic E-state index is -0.871. The SMILES string of the molecule is Cc1cccc(C)c1N1CC=C[C@]23S[C@@]4(C)C=CCN(c5ccccc5)C(=O)[C@H]4[C@H]2C(=O)N(CCCCCCO)C3C1=O. The summed E-state index contributed by atoms with van der Waals surface area (Å²) < 4.78 is -1.52. The smallest absolute Gasteiger partial charge is 0.251 e. The summed E-state index contributed by atoms with van der Waals surface area (Å²) >= 11 is 1.63. The van der Waals surface area contributed by atoms with Gasteiger partial charge in [-0.05, 0) is 56.9 Å². The molecule has 3 amide bonds. The zero-order valence-electron chi connectivity index (χ0n) is 25.2. The van der Waals surface area contributed by atoms with Crippen molar-refractivity contribution in [2.45, 2.75) is 62.0 Å². The number of nitrogens with zero attached hydrogens (tertiary/aromatic N) is 3. The Bertz CT molecular complexity index is 1450. The number of benzene rings is 2. The molecule has 0 aromatic heterocycles. The Labute approximate surface area is 258 Å². The number of anilines is 2. The van der Waals surface area contributed by atoms with Gasteiger partial charge in [0.1, 0.15) is 6.04 Å². The molecule has 2 fully saturated rings. The summed E-state index contributed by atoms with van der Waals surface area (Å²) in [7, 11) is 0. The van der Waals surface area contributed by atoms with Gasteiger partial charge < -0.3 is 19.8 Å². The van der Waals surface area contributed by atoms with Gasteiger partial charge >= 0.3 is 0 Å². The Morgan fingerprint density at radius 1 is 0.791 bits per heavy atom. The number of likely N-dealkylation sites (tertiary alicyclic amines) is 1. The first-order valence-electron chi connectivity index (χ1n) is 15.4. The highest BCUT2D eigenvalue weighted by atomic mass is 32.2. The number of thioether (sulfide) groups is 1. The van der Waals surface area contributed by atoms with Crippen LogP contribution in [-0.2, 0) is 14.4 Å². The number of amides is 3. The van der Waals surface area contributed by atoms with Crippen LogP contribution in [0.25, 0.3) is 0 Å². The van der Waals surface area contributed by atoms with Crippen LogP contribution in [0.15, 0.2) is 72.8 Å². The molecule has 0 aliphatic carbocycles. The third-order valence-corrected chi connectivity index (χ3v) is 11.4. The van der Waals surface area contributed by atoms with Gasteiger partial charge in [0.2, 0.25) is 11.8 Å². The summed E-state index contributed by atoms with van der Waals surface area (Å²) in [4.78, 5) is 49.5. The van der Waals surface area contributed by atoms with Crippen molar-refractivity contribution in [2.24, 2.45) is 11.8 Å². The van der Waals surface area contributed by atoms with E-state index in [-0.39, 0.29) is 24.3 Å². The van der Waals surface area contributed by atoms with E-state index in [1.165, 1.54) is 0 Å². The van der Waals surface area contributed by atoms with Crippen molar-refractivity contribution in [3.05, 3.63) is 84.0 Å². The van der Waals surface area contributed by atoms with Crippen LogP contribution >= 0.6 is 11.8 Å². The second kappa shape index (κ2) is 11.6. The minimum Gasteiger partial charge on any atom is -0.396 e. The molecule has 7 nitrogen and oxygen atoms in total. The first-order valence-corrected chi connectivity index (χ1v) is 16.3. The third kappa shape index (κ3) is 4.83. The van der Waals surface area contributed by atoms with E-state index >= 15 is 0 Å². The highest BCUT2D eigenvalue weighted by Crippen LogP contribution is 2.65. The van der Waals surface area contributed by atoms with Crippen LogP contribution in [0.1, 0.15) is 43.7 Å². The number of aryl methyl sites for hydroxylation is 2. The molecular formula is C35H41N3O4S. The molecule has 226 valence electrons. The lowest BCUT2D eigenvalue weighted by molar-refractivity contribution is -0.139. The van der Waals surface area contributed by atoms with Crippen molar-refractivity contribution in [1.29, 1.82) is 0 Å². The van der Waals surface area contributed by atoms with Gasteiger partial charge in [0.05, 0.1) is 16.6 Å². The average Bonchev–Trinajstić information content (AvgIpc) is 3.25. The molecule has 1 N–H and O–H groups in total. The topological polar surface area (TPSA) is 81.2 Å². The van der Waals surface area contributed by atoms with Gasteiger partial charge in [-0.3, -0.25) is 14.4 Å². The van der Waals surface area contributed by atoms with Gasteiger partial charge in [-0.25, -0.2) is 0 Å². The molecule has 5 atom stereocenters. The number of aliphatic hydroxyl groups excluding tert-OH is 1. The predicted molar refractivity (Wildman–Crippen MR) is 172 cm³/mol. The fourth-order valence-corrected chi connectivity index (χ4v) is 9.94. The van der Waals surface area contributed by atoms with Crippen molar-refractivity contribution in [2.75, 3.05) is 36.0 Å². The number of hydrogen-bond donors (Lipinski definition) is 1. The molecule has 0 saturated carbocycles. The summed E-state index contributed by atoms with van der Waals surface area (Å²) in [6, 6.07) is 15.0. The molecule has 2 saturated heterocycles. The van der Waals surface area contributed by atoms with Gasteiger partial charge in [-0.1, -0.05) is 73.5 Å². The molecule has 8 heteroatoms. The fraction of sp³-hybridized carbons (Fsp3) is 0.457. The Morgan fingerprint density at radius 3 is 2.19 bits per heavy atom. The van der Waals surface area contributed by atoms with Crippen LogP contribution < -0.4 is 9.80 Å². The van der Waals surface area contributed by atoms with E-state index in [0.29, 0.717) is 19.6 Å². The molecule has 2 aromatic rings. The zero-order chi connectivity index (χ0) is 30.4. The van der Waals surface area contributed by atoms with Gasteiger partial charge in [-0.15, -0.1) is 11.8 Å². The van der Waals surface area contributed by atoms with E-state index in [2.05, 4.69) is 19.1 Å². The van der Waals surface area contributed by atoms with Crippen LogP contribution in [0.2, 0.25) is 0 Å². The largest absolute Gasteiger partial charge is 0.396 e. The van der Waals surface area contributed by atoms with E-state index in [1.54, 1.807) is 21.6 Å². The lowest BCUT2D eigenvalue weighted by atomic mass is 9.74. The lowest BCUT2D eigenvalue weighted by Gasteiger charge is -2.37. The third-order valence-electron chi connectivity index (χ3n) is 9.64. The quantitative estimate of drug-likeness (QED) is 0.339. The Hall–Kier alpha value is -3.36. The molecule has 1 spiro atoms. The van der Waals surface area contributed by atoms with Crippen molar-refractivity contribution in [3.63, 3.8) is 0 Å². The zero-order valence-corrected chi connectivity index (χ0v) is 26.1. The van der Waals surface area contributed by atoms with Crippen LogP contribution in [0.4, 0.5) is 11.4 Å². The first kappa shape index (κ1) is 29.7. The number of para-hydroxylation sites is 2. The van der Waals surface area contributed by atoms with Crippen molar-refractivity contribution >= 4 is 40.9 Å². The van der Waals surface area contributed by atoms with Crippen molar-refractivity contribution in [3.8, 4) is 0 Å². The summed E-state index contributed by atoms with van der Waals surface area (Å²) in [6.45, 7) is 7.55. The van der Waals surface area contributed by atoms with Crippen molar-refractivity contribution < 1.29 is 19.5 Å². The molecule has 43 heavy (non-hydrogen) atoms. The molecular weight excluding hydrogens is 558 g/mol. The Morgan fingerprint density at radius 2 is 1.47 bits per heavy atom. The summed E-state index contributed by atoms with van der Waals surface area (Å²) in [5, 5.41) is 9.25. The summed E-state index contributed by atoms with van der Waals surface area (Å²) in [5.41, 5.74) is 3.73. The number of hydrogen-bond acceptors (Lipinski definition) is 5. The number of rotatable bonds is 8. The monoisotopic (exact) mass is 599 g/mol. The molecule has 2 aromatic carbocycles. The van der Waals surface area contributed by atoms with E-state index in [9.17, 15) is 19.5 Å². The number of carbonyl (C=O) groups excluding carboxylic acids is 3. The number of fused-ring (bicyclic) bond motifs is 2. The molecule has 4 aliphatic rings. The standard InChI is InChI=1S/C35H41N3O4S/c1-24-14-11-15-25(2)29(24)37-22-13-19-35-28(32(41)38(30(35)33(37)42)20-9-4-5-10-23-39)27-31(40)36(26-16-7-6-8-17-26)21-12-18-34(27,3)43-35/h6-8,11-19,27-28,30,39H,4-5,9-10,20-23H2,1-3H3/t27-,28+,30?,34+,35+/m1/s1. The average molecular weight is 600 g/mol. The molecule has 4 heterocycles. The molecule has 6 rings (SSSR count). The minimum absolute atomic E-state index is 0.0679. The van der Waals surface area contributed by atoms with E-state index in [0.717, 1.165) is 48.2 Å². The predicted octanol–water partition coefficient (Wildman–Crippen LogP) is 5.05. The number of aliphatic hydroxyl groups is 1. The highest BCUT2D eigenvalue weighted by Gasteiger charge is 2.74. The first-order chi connectivity index (χ1) is 20.7. The maximum atomic E-state index is 14.8. The normalized spacial score (nSPS) is 29.9. The van der Waals surface area contributed by atoms with E-state index in [1.807, 2.05) is 79.4 Å². The van der Waals surface area contributed by atoms with E-state index < -0.39 is 27.4 Å². The lowest BCUT2D eigenvalue weighted by Crippen LogP contribution is -2.53. The van der Waals surface area contributed by atoms with Crippen LogP contribution in [0, 0.1) is 25.7 Å². The second-order valence-corrected chi connectivity index (χ2v) is 14.2. The van der Waals surface area contributed by atoms with Gasteiger partial charge in [0.15, 0.2) is 0 Å². The maximum absolute atomic E-state index is 14.8. The van der Waals surface area contributed by atoms with Gasteiger partial charge in [0.25, 0.3) is 5.91 Å². The highest BCUT2D eigenvalue weighted by molar-refractivity contribution is 8.02. The van der Waals surface area contributed by atoms with Crippen LogP contribution in [0.5, 0.6) is 0 Å². The molecule has 0 bridgehead atoms. The molecule has 0 radical (unpaired) electrons. The molecule has 1 unspecified atom stereocenters. The van der Waals surface area contributed by atoms with Crippen LogP contribution in [-0.4, -0.2) is 69.5 Å². The number of carbonyl (C=O) groups is 3. The number of unbranched alkanes of at least 4 members (excludes halogenated alkanes) is 3. The Kier molecular flexibility index (Phi) is 8.03. The fourth-order valence-electron chi connectivity index (χ4n) is 7.78. The Balaban J connectivity index is 1.44. The maximum Gasteiger partial charge on any atom is 0.251 e. The van der Waals surface area contributed by atoms with Crippen molar-refractivity contribution in [1.82, 2.24) is 4.90 Å². The van der Waals surface area contributed by atoms with E-state index in [4.69, 9.17) is 0 Å².